The van der Waals surface area contributed by atoms with E-state index >= 15 is 0 Å². The van der Waals surface area contributed by atoms with Gasteiger partial charge >= 0.3 is 0 Å². The highest BCUT2D eigenvalue weighted by Crippen LogP contribution is 2.40. The van der Waals surface area contributed by atoms with Crippen molar-refractivity contribution >= 4 is 28.8 Å². The second-order valence-corrected chi connectivity index (χ2v) is 8.68. The van der Waals surface area contributed by atoms with Gasteiger partial charge in [0.15, 0.2) is 0 Å². The Morgan fingerprint density at radius 3 is 2.18 bits per heavy atom. The van der Waals surface area contributed by atoms with Crippen LogP contribution in [-0.2, 0) is 9.59 Å². The molecule has 5 nitrogen and oxygen atoms in total. The van der Waals surface area contributed by atoms with Crippen LogP contribution < -0.4 is 14.5 Å². The molecule has 2 amide bonds. The van der Waals surface area contributed by atoms with E-state index in [1.165, 1.54) is 4.90 Å². The number of likely N-dealkylation sites (N-methyl/N-ethyl adjacent to an activating group) is 1. The lowest BCUT2D eigenvalue weighted by Crippen LogP contribution is -2.35. The van der Waals surface area contributed by atoms with Crippen molar-refractivity contribution in [3.8, 4) is 5.75 Å². The van der Waals surface area contributed by atoms with Crippen LogP contribution in [0.25, 0.3) is 5.57 Å². The number of para-hydroxylation sites is 3. The third-order valence-electron chi connectivity index (χ3n) is 5.98. The Morgan fingerprint density at radius 1 is 0.853 bits per heavy atom. The first-order chi connectivity index (χ1) is 16.3. The van der Waals surface area contributed by atoms with E-state index in [9.17, 15) is 9.59 Å². The molecule has 4 rings (SSSR count). The van der Waals surface area contributed by atoms with E-state index in [-0.39, 0.29) is 17.9 Å². The lowest BCUT2D eigenvalue weighted by molar-refractivity contribution is -0.120. The van der Waals surface area contributed by atoms with Crippen LogP contribution in [0.3, 0.4) is 0 Å². The molecule has 5 heteroatoms. The van der Waals surface area contributed by atoms with Crippen LogP contribution in [0.2, 0.25) is 0 Å². The summed E-state index contributed by atoms with van der Waals surface area (Å²) >= 11 is 0. The largest absolute Gasteiger partial charge is 0.489 e. The Labute approximate surface area is 201 Å². The molecule has 174 valence electrons. The monoisotopic (exact) mass is 454 g/mol. The van der Waals surface area contributed by atoms with Crippen molar-refractivity contribution in [2.24, 2.45) is 0 Å². The molecule has 3 aromatic rings. The minimum absolute atomic E-state index is 0.0999. The number of aryl methyl sites for hydroxylation is 2. The molecule has 1 heterocycles. The number of ether oxygens (including phenoxy) is 1. The van der Waals surface area contributed by atoms with E-state index in [1.807, 2.05) is 100 Å². The van der Waals surface area contributed by atoms with Gasteiger partial charge < -0.3 is 9.64 Å². The highest BCUT2D eigenvalue weighted by Gasteiger charge is 2.43. The molecule has 0 saturated heterocycles. The first-order valence-corrected chi connectivity index (χ1v) is 11.6. The van der Waals surface area contributed by atoms with Crippen LogP contribution in [0, 0.1) is 13.8 Å². The van der Waals surface area contributed by atoms with Gasteiger partial charge in [-0.1, -0.05) is 48.5 Å². The Balaban J connectivity index is 1.92. The number of amides is 2. The smallest absolute Gasteiger partial charge is 0.282 e. The number of imide groups is 1. The second kappa shape index (κ2) is 9.56. The maximum Gasteiger partial charge on any atom is 0.282 e. The topological polar surface area (TPSA) is 49.9 Å². The zero-order valence-electron chi connectivity index (χ0n) is 20.3. The van der Waals surface area contributed by atoms with Crippen LogP contribution in [0.1, 0.15) is 37.5 Å². The fourth-order valence-electron chi connectivity index (χ4n) is 4.22. The van der Waals surface area contributed by atoms with Gasteiger partial charge in [-0.25, -0.2) is 4.90 Å². The average molecular weight is 455 g/mol. The maximum absolute atomic E-state index is 14.0. The van der Waals surface area contributed by atoms with Gasteiger partial charge in [0.2, 0.25) is 0 Å². The lowest BCUT2D eigenvalue weighted by Gasteiger charge is -2.25. The van der Waals surface area contributed by atoms with E-state index in [0.29, 0.717) is 29.3 Å². The number of anilines is 2. The van der Waals surface area contributed by atoms with Gasteiger partial charge in [-0.3, -0.25) is 9.59 Å². The molecule has 34 heavy (non-hydrogen) atoms. The zero-order valence-corrected chi connectivity index (χ0v) is 20.3. The summed E-state index contributed by atoms with van der Waals surface area (Å²) in [5, 5.41) is 0. The molecule has 0 N–H and O–H groups in total. The van der Waals surface area contributed by atoms with Crippen LogP contribution in [-0.4, -0.2) is 24.5 Å². The van der Waals surface area contributed by atoms with Crippen LogP contribution in [0.5, 0.6) is 5.75 Å². The molecular formula is C29H30N2O3. The number of benzene rings is 3. The van der Waals surface area contributed by atoms with E-state index in [2.05, 4.69) is 0 Å². The summed E-state index contributed by atoms with van der Waals surface area (Å²) in [5.74, 6) is -0.205. The standard InChI is InChI=1S/C29H30N2O3/c1-6-30(23-12-8-7-9-13-23)27-26(22-17-16-20(4)21(5)18-22)28(32)31(29(27)33)24-14-10-11-15-25(24)34-19(2)3/h7-19H,6H2,1-5H3. The van der Waals surface area contributed by atoms with Crippen LogP contribution >= 0.6 is 0 Å². The number of rotatable bonds is 7. The van der Waals surface area contributed by atoms with Crippen molar-refractivity contribution in [2.75, 3.05) is 16.3 Å². The molecule has 0 aliphatic carbocycles. The third kappa shape index (κ3) is 4.21. The van der Waals surface area contributed by atoms with E-state index in [4.69, 9.17) is 4.74 Å². The molecule has 0 unspecified atom stereocenters. The van der Waals surface area contributed by atoms with Crippen LogP contribution in [0.4, 0.5) is 11.4 Å². The summed E-state index contributed by atoms with van der Waals surface area (Å²) in [4.78, 5) is 31.2. The molecule has 0 radical (unpaired) electrons. The van der Waals surface area contributed by atoms with Gasteiger partial charge in [0.1, 0.15) is 11.4 Å². The van der Waals surface area contributed by atoms with Gasteiger partial charge in [0.05, 0.1) is 17.4 Å². The summed E-state index contributed by atoms with van der Waals surface area (Å²) in [6, 6.07) is 22.8. The number of carbonyl (C=O) groups excluding carboxylic acids is 2. The van der Waals surface area contributed by atoms with Gasteiger partial charge in [0.25, 0.3) is 11.8 Å². The Hall–Kier alpha value is -3.86. The normalized spacial score (nSPS) is 13.8. The van der Waals surface area contributed by atoms with Gasteiger partial charge in [-0.05, 0) is 75.6 Å². The van der Waals surface area contributed by atoms with Gasteiger partial charge in [-0.15, -0.1) is 0 Å². The van der Waals surface area contributed by atoms with Crippen molar-refractivity contribution in [1.29, 1.82) is 0 Å². The molecule has 0 bridgehead atoms. The number of carbonyl (C=O) groups is 2. The van der Waals surface area contributed by atoms with Gasteiger partial charge in [-0.2, -0.15) is 0 Å². The van der Waals surface area contributed by atoms with Gasteiger partial charge in [0, 0.05) is 12.2 Å². The van der Waals surface area contributed by atoms with E-state index in [0.717, 1.165) is 22.4 Å². The number of nitrogens with zero attached hydrogens (tertiary/aromatic N) is 2. The summed E-state index contributed by atoms with van der Waals surface area (Å²) in [6.45, 7) is 10.4. The Morgan fingerprint density at radius 2 is 1.53 bits per heavy atom. The Bertz CT molecular complexity index is 1260. The molecule has 0 fully saturated rings. The lowest BCUT2D eigenvalue weighted by atomic mass is 9.99. The third-order valence-corrected chi connectivity index (χ3v) is 5.98. The Kier molecular flexibility index (Phi) is 6.55. The summed E-state index contributed by atoms with van der Waals surface area (Å²) < 4.78 is 5.96. The maximum atomic E-state index is 14.0. The summed E-state index contributed by atoms with van der Waals surface area (Å²) in [5.41, 5.74) is 5.01. The molecule has 3 aromatic carbocycles. The molecule has 0 atom stereocenters. The number of hydrogen-bond acceptors (Lipinski definition) is 4. The van der Waals surface area contributed by atoms with E-state index < -0.39 is 0 Å². The minimum Gasteiger partial charge on any atom is -0.489 e. The van der Waals surface area contributed by atoms with Crippen LogP contribution in [0.15, 0.2) is 78.5 Å². The summed E-state index contributed by atoms with van der Waals surface area (Å²) in [6.07, 6.45) is -0.0999. The summed E-state index contributed by atoms with van der Waals surface area (Å²) in [7, 11) is 0. The predicted molar refractivity (Wildman–Crippen MR) is 137 cm³/mol. The SMILES string of the molecule is CCN(C1=C(c2ccc(C)c(C)c2)C(=O)N(c2ccccc2OC(C)C)C1=O)c1ccccc1. The quantitative estimate of drug-likeness (QED) is 0.417. The van der Waals surface area contributed by atoms with Crippen molar-refractivity contribution in [1.82, 2.24) is 0 Å². The average Bonchev–Trinajstić information content (AvgIpc) is 3.07. The molecular weight excluding hydrogens is 424 g/mol. The second-order valence-electron chi connectivity index (χ2n) is 8.68. The highest BCUT2D eigenvalue weighted by atomic mass is 16.5. The van der Waals surface area contributed by atoms with Crippen molar-refractivity contribution < 1.29 is 14.3 Å². The molecule has 1 aliphatic heterocycles. The fraction of sp³-hybridized carbons (Fsp3) is 0.241. The highest BCUT2D eigenvalue weighted by molar-refractivity contribution is 6.46. The fourth-order valence-corrected chi connectivity index (χ4v) is 4.22. The molecule has 0 aromatic heterocycles. The van der Waals surface area contributed by atoms with E-state index in [1.54, 1.807) is 12.1 Å². The first kappa shape index (κ1) is 23.3. The molecule has 0 spiro atoms. The minimum atomic E-state index is -0.358. The number of hydrogen-bond donors (Lipinski definition) is 0. The zero-order chi connectivity index (χ0) is 24.4. The van der Waals surface area contributed by atoms with Crippen molar-refractivity contribution in [2.45, 2.75) is 40.7 Å². The predicted octanol–water partition coefficient (Wildman–Crippen LogP) is 5.90. The first-order valence-electron chi connectivity index (χ1n) is 11.6. The molecule has 1 aliphatic rings. The van der Waals surface area contributed by atoms with Crippen molar-refractivity contribution in [3.63, 3.8) is 0 Å². The van der Waals surface area contributed by atoms with Crippen molar-refractivity contribution in [3.05, 3.63) is 95.2 Å². The molecule has 0 saturated carbocycles.